The number of nitrogens with zero attached hydrogens (tertiary/aromatic N) is 1. The van der Waals surface area contributed by atoms with Crippen molar-refractivity contribution < 1.29 is 4.74 Å². The third-order valence-electron chi connectivity index (χ3n) is 4.49. The number of hydrogen-bond acceptors (Lipinski definition) is 4. The molecule has 0 bridgehead atoms. The van der Waals surface area contributed by atoms with E-state index in [1.165, 1.54) is 14.9 Å². The Hall–Kier alpha value is -1.20. The first-order valence-electron chi connectivity index (χ1n) is 8.59. The lowest BCUT2D eigenvalue weighted by Gasteiger charge is -2.30. The van der Waals surface area contributed by atoms with Gasteiger partial charge in [-0.1, -0.05) is 48.0 Å². The molecule has 1 N–H and O–H groups in total. The Labute approximate surface area is 163 Å². The third kappa shape index (κ3) is 4.70. The Morgan fingerprint density at radius 2 is 2.12 bits per heavy atom. The maximum Gasteiger partial charge on any atom is 0.129 e. The molecule has 25 heavy (non-hydrogen) atoms. The monoisotopic (exact) mass is 420 g/mol. The first kappa shape index (κ1) is 18.6. The zero-order valence-electron chi connectivity index (χ0n) is 15.0. The number of benzene rings is 1. The highest BCUT2D eigenvalue weighted by atomic mass is 79.9. The molecule has 0 saturated carbocycles. The van der Waals surface area contributed by atoms with E-state index in [2.05, 4.69) is 71.5 Å². The van der Waals surface area contributed by atoms with Crippen LogP contribution in [0.3, 0.4) is 0 Å². The normalized spacial score (nSPS) is 22.4. The molecule has 1 heterocycles. The molecular weight excluding hydrogens is 396 g/mol. The smallest absolute Gasteiger partial charge is 0.129 e. The summed E-state index contributed by atoms with van der Waals surface area (Å²) < 4.78 is 6.79. The average Bonchev–Trinajstić information content (AvgIpc) is 2.60. The van der Waals surface area contributed by atoms with Crippen LogP contribution in [0.4, 0.5) is 0 Å². The molecule has 0 fully saturated rings. The van der Waals surface area contributed by atoms with Gasteiger partial charge in [-0.2, -0.15) is 0 Å². The number of rotatable bonds is 5. The summed E-state index contributed by atoms with van der Waals surface area (Å²) >= 11 is 5.50. The summed E-state index contributed by atoms with van der Waals surface area (Å²) in [5.74, 6) is 3.46. The van der Waals surface area contributed by atoms with Crippen LogP contribution in [-0.4, -0.2) is 31.8 Å². The summed E-state index contributed by atoms with van der Waals surface area (Å²) in [5, 5.41) is 3.51. The van der Waals surface area contributed by atoms with Crippen molar-refractivity contribution in [1.29, 1.82) is 0 Å². The average molecular weight is 421 g/mol. The maximum atomic E-state index is 5.56. The van der Waals surface area contributed by atoms with Gasteiger partial charge in [0.1, 0.15) is 5.84 Å². The standard InChI is InChI=1S/C20H25BrN2OS/c1-20(2)12-22-19(23-13-20)16-6-4-5-7-18(16)25-11-14-10-15(21)8-9-17(14)24-3/h4-9,14H,10-13H2,1-3H3,(H,22,23). The lowest BCUT2D eigenvalue weighted by Crippen LogP contribution is -2.41. The molecule has 0 spiro atoms. The molecule has 1 atom stereocenters. The van der Waals surface area contributed by atoms with Gasteiger partial charge in [0.25, 0.3) is 0 Å². The lowest BCUT2D eigenvalue weighted by molar-refractivity contribution is 0.247. The van der Waals surface area contributed by atoms with Gasteiger partial charge in [-0.05, 0) is 29.1 Å². The summed E-state index contributed by atoms with van der Waals surface area (Å²) in [6.07, 6.45) is 5.14. The number of hydrogen-bond donors (Lipinski definition) is 1. The number of thioether (sulfide) groups is 1. The van der Waals surface area contributed by atoms with Gasteiger partial charge in [-0.3, -0.25) is 4.99 Å². The number of amidine groups is 1. The van der Waals surface area contributed by atoms with Gasteiger partial charge in [0.2, 0.25) is 0 Å². The van der Waals surface area contributed by atoms with Crippen LogP contribution in [-0.2, 0) is 4.74 Å². The van der Waals surface area contributed by atoms with Crippen LogP contribution in [0, 0.1) is 11.3 Å². The summed E-state index contributed by atoms with van der Waals surface area (Å²) in [6, 6.07) is 8.54. The highest BCUT2D eigenvalue weighted by molar-refractivity contribution is 9.11. The zero-order valence-corrected chi connectivity index (χ0v) is 17.4. The number of allylic oxidation sites excluding steroid dienone is 4. The number of nitrogens with one attached hydrogen (secondary N) is 1. The van der Waals surface area contributed by atoms with Crippen LogP contribution in [0.5, 0.6) is 0 Å². The van der Waals surface area contributed by atoms with Crippen LogP contribution >= 0.6 is 27.7 Å². The minimum Gasteiger partial charge on any atom is -0.501 e. The van der Waals surface area contributed by atoms with Crippen LogP contribution in [0.1, 0.15) is 25.8 Å². The highest BCUT2D eigenvalue weighted by Gasteiger charge is 2.25. The van der Waals surface area contributed by atoms with E-state index in [4.69, 9.17) is 9.73 Å². The van der Waals surface area contributed by atoms with E-state index in [9.17, 15) is 0 Å². The minimum absolute atomic E-state index is 0.227. The van der Waals surface area contributed by atoms with E-state index in [0.29, 0.717) is 5.92 Å². The second kappa shape index (κ2) is 8.00. The molecule has 0 saturated heterocycles. The van der Waals surface area contributed by atoms with Gasteiger partial charge in [0.15, 0.2) is 0 Å². The summed E-state index contributed by atoms with van der Waals surface area (Å²) in [5.41, 5.74) is 1.43. The van der Waals surface area contributed by atoms with Gasteiger partial charge in [-0.15, -0.1) is 11.8 Å². The van der Waals surface area contributed by atoms with Crippen LogP contribution in [0.15, 0.2) is 56.5 Å². The van der Waals surface area contributed by atoms with Gasteiger partial charge in [0, 0.05) is 40.6 Å². The molecule has 1 aromatic rings. The van der Waals surface area contributed by atoms with E-state index < -0.39 is 0 Å². The lowest BCUT2D eigenvalue weighted by atomic mass is 9.92. The quantitative estimate of drug-likeness (QED) is 0.681. The van der Waals surface area contributed by atoms with Gasteiger partial charge >= 0.3 is 0 Å². The summed E-state index contributed by atoms with van der Waals surface area (Å²) in [6.45, 7) is 6.31. The fourth-order valence-corrected chi connectivity index (χ4v) is 4.66. The van der Waals surface area contributed by atoms with E-state index in [1.807, 2.05) is 11.8 Å². The van der Waals surface area contributed by atoms with Crippen molar-refractivity contribution in [2.75, 3.05) is 26.0 Å². The van der Waals surface area contributed by atoms with E-state index in [-0.39, 0.29) is 5.41 Å². The molecule has 0 aromatic heterocycles. The maximum absolute atomic E-state index is 5.56. The molecule has 1 aromatic carbocycles. The Bertz CT molecular complexity index is 724. The van der Waals surface area contributed by atoms with Crippen LogP contribution in [0.25, 0.3) is 0 Å². The zero-order chi connectivity index (χ0) is 17.9. The predicted molar refractivity (Wildman–Crippen MR) is 111 cm³/mol. The van der Waals surface area contributed by atoms with E-state index in [1.54, 1.807) is 7.11 Å². The van der Waals surface area contributed by atoms with Crippen molar-refractivity contribution in [3.63, 3.8) is 0 Å². The summed E-state index contributed by atoms with van der Waals surface area (Å²) in [7, 11) is 1.76. The van der Waals surface area contributed by atoms with Crippen molar-refractivity contribution in [2.24, 2.45) is 16.3 Å². The van der Waals surface area contributed by atoms with Crippen LogP contribution < -0.4 is 5.32 Å². The molecule has 1 aliphatic heterocycles. The molecule has 0 amide bonds. The third-order valence-corrected chi connectivity index (χ3v) is 6.31. The Balaban J connectivity index is 1.73. The van der Waals surface area contributed by atoms with Crippen LogP contribution in [0.2, 0.25) is 0 Å². The predicted octanol–water partition coefficient (Wildman–Crippen LogP) is 4.98. The molecule has 3 nitrogen and oxygen atoms in total. The van der Waals surface area contributed by atoms with Crippen molar-refractivity contribution in [3.8, 4) is 0 Å². The Kier molecular flexibility index (Phi) is 5.95. The van der Waals surface area contributed by atoms with Gasteiger partial charge in [0.05, 0.1) is 12.9 Å². The fourth-order valence-electron chi connectivity index (χ4n) is 2.98. The Morgan fingerprint density at radius 3 is 2.84 bits per heavy atom. The molecule has 3 rings (SSSR count). The number of ether oxygens (including phenoxy) is 1. The van der Waals surface area contributed by atoms with Crippen molar-refractivity contribution in [3.05, 3.63) is 52.2 Å². The molecule has 134 valence electrons. The summed E-state index contributed by atoms with van der Waals surface area (Å²) in [4.78, 5) is 6.06. The molecular formula is C20H25BrN2OS. The Morgan fingerprint density at radius 1 is 1.32 bits per heavy atom. The molecule has 1 unspecified atom stereocenters. The minimum atomic E-state index is 0.227. The second-order valence-corrected chi connectivity index (χ2v) is 9.36. The largest absolute Gasteiger partial charge is 0.501 e. The number of halogens is 1. The van der Waals surface area contributed by atoms with Crippen molar-refractivity contribution in [2.45, 2.75) is 25.2 Å². The first-order valence-corrected chi connectivity index (χ1v) is 10.4. The topological polar surface area (TPSA) is 33.6 Å². The molecule has 1 aliphatic carbocycles. The van der Waals surface area contributed by atoms with E-state index in [0.717, 1.165) is 36.9 Å². The van der Waals surface area contributed by atoms with Gasteiger partial charge in [-0.25, -0.2) is 0 Å². The molecule has 5 heteroatoms. The first-order chi connectivity index (χ1) is 12.0. The molecule has 0 radical (unpaired) electrons. The number of aliphatic imine (C=N–C) groups is 1. The number of methoxy groups -OCH3 is 1. The highest BCUT2D eigenvalue weighted by Crippen LogP contribution is 2.34. The van der Waals surface area contributed by atoms with Gasteiger partial charge < -0.3 is 10.1 Å². The van der Waals surface area contributed by atoms with Crippen molar-refractivity contribution in [1.82, 2.24) is 5.32 Å². The second-order valence-electron chi connectivity index (χ2n) is 7.28. The van der Waals surface area contributed by atoms with Crippen molar-refractivity contribution >= 4 is 33.5 Å². The molecule has 2 aliphatic rings. The SMILES string of the molecule is COC1=CC=C(Br)CC1CSc1ccccc1C1=NCC(C)(C)CN1. The van der Waals surface area contributed by atoms with E-state index >= 15 is 0 Å². The fraction of sp³-hybridized carbons (Fsp3) is 0.450.